The van der Waals surface area contributed by atoms with Crippen LogP contribution < -0.4 is 20.8 Å². The number of hydrogen-bond acceptors (Lipinski definition) is 14. The van der Waals surface area contributed by atoms with Gasteiger partial charge in [-0.05, 0) is 38.7 Å². The van der Waals surface area contributed by atoms with Gasteiger partial charge in [0.2, 0.25) is 0 Å². The maximum Gasteiger partial charge on any atom is 0.312 e. The van der Waals surface area contributed by atoms with Crippen molar-refractivity contribution in [2.45, 2.75) is 118 Å². The van der Waals surface area contributed by atoms with Crippen molar-refractivity contribution in [2.75, 3.05) is 38.6 Å². The number of fused-ring (bicyclic) bond motifs is 1. The molecule has 1 unspecified atom stereocenters. The van der Waals surface area contributed by atoms with E-state index in [1.54, 1.807) is 65.8 Å². The summed E-state index contributed by atoms with van der Waals surface area (Å²) in [6, 6.07) is 0. The molecule has 15 nitrogen and oxygen atoms in total. The van der Waals surface area contributed by atoms with Gasteiger partial charge < -0.3 is 49.6 Å². The number of amides is 1. The third-order valence-electron chi connectivity index (χ3n) is 13.3. The number of ether oxygens (including phenoxy) is 4. The molecule has 15 heteroatoms. The van der Waals surface area contributed by atoms with Crippen molar-refractivity contribution >= 4 is 34.1 Å². The number of likely N-dealkylation sites (tertiary alicyclic amines) is 1. The normalized spacial score (nSPS) is 32.5. The Morgan fingerprint density at radius 2 is 1.66 bits per heavy atom. The molecule has 6 rings (SSSR count). The van der Waals surface area contributed by atoms with E-state index >= 15 is 0 Å². The highest BCUT2D eigenvalue weighted by molar-refractivity contribution is 6.19. The summed E-state index contributed by atoms with van der Waals surface area (Å²) in [7, 11) is 1.47. The van der Waals surface area contributed by atoms with Crippen LogP contribution in [0.4, 0.5) is 5.69 Å². The molecule has 1 saturated heterocycles. The van der Waals surface area contributed by atoms with Gasteiger partial charge >= 0.3 is 11.8 Å². The SMILES string of the molecule is CO[C@H]1/C=C/O[C@@]2(C)Oc3c(C)c(O)c4c(O)c(c5c(c4c3C2=O)=NC2(CCN(CC(C)C)CC2)CN=5)NC(=O)/C(C)=C\C=C\[C@H](C)[C@H](O)[C@@H](C)[C@@H](O)[C@@H](C)[C@H](OC(C)=O)C1C. The quantitative estimate of drug-likeness (QED) is 0.208. The topological polar surface area (TPSA) is 209 Å². The van der Waals surface area contributed by atoms with E-state index in [2.05, 4.69) is 24.1 Å². The minimum absolute atomic E-state index is 0.0411. The Kier molecular flexibility index (Phi) is 13.6. The first-order valence-corrected chi connectivity index (χ1v) is 21.7. The third kappa shape index (κ3) is 8.73. The van der Waals surface area contributed by atoms with E-state index in [1.165, 1.54) is 27.2 Å². The number of phenolic OH excluding ortho intramolecular Hbond substituents is 2. The van der Waals surface area contributed by atoms with E-state index in [-0.39, 0.29) is 61.9 Å². The minimum Gasteiger partial charge on any atom is -0.507 e. The molecular formula is C47H64N4O11. The van der Waals surface area contributed by atoms with Crippen molar-refractivity contribution in [3.63, 3.8) is 0 Å². The Hall–Kier alpha value is -4.83. The highest BCUT2D eigenvalue weighted by atomic mass is 16.7. The number of anilines is 1. The summed E-state index contributed by atoms with van der Waals surface area (Å²) in [6.45, 7) is 20.0. The molecular weight excluding hydrogens is 797 g/mol. The van der Waals surface area contributed by atoms with E-state index < -0.39 is 82.8 Å². The number of nitrogens with zero attached hydrogens (tertiary/aromatic N) is 3. The number of aliphatic hydroxyl groups excluding tert-OH is 2. The first-order valence-electron chi connectivity index (χ1n) is 21.7. The van der Waals surface area contributed by atoms with Crippen LogP contribution in [0.5, 0.6) is 17.2 Å². The standard InChI is InChI=1S/C47H64N4O11/c1-23(2)21-51-18-16-47(17-19-51)22-48-36-35(50-47)32-33-40(55)29(8)43-34(32)44(57)46(10,62-43)60-20-15-31(59-11)26(5)42(61-30(9)52)28(7)39(54)27(6)38(53)24(3)13-12-14-25(4)45(58)49-37(36)41(33)56/h12-15,20,23-24,26-28,31,38-39,42,53-56H,16-19,21-22H2,1-11H3,(H,49,58)/b13-12+,20-15+,25-14-/t24-,26?,27+,28+,31-,38-,39+,42+,46-/m0/s1. The van der Waals surface area contributed by atoms with E-state index in [0.29, 0.717) is 18.8 Å². The monoisotopic (exact) mass is 860 g/mol. The molecule has 9 atom stereocenters. The predicted molar refractivity (Wildman–Crippen MR) is 233 cm³/mol. The molecule has 0 aliphatic carbocycles. The van der Waals surface area contributed by atoms with Crippen molar-refractivity contribution in [1.82, 2.24) is 4.90 Å². The number of rotatable bonds is 4. The summed E-state index contributed by atoms with van der Waals surface area (Å²) in [5.74, 6) is -6.41. The molecule has 4 bridgehead atoms. The van der Waals surface area contributed by atoms with Gasteiger partial charge in [-0.3, -0.25) is 24.4 Å². The van der Waals surface area contributed by atoms with Gasteiger partial charge in [0.25, 0.3) is 11.7 Å². The van der Waals surface area contributed by atoms with Gasteiger partial charge in [0.15, 0.2) is 5.75 Å². The van der Waals surface area contributed by atoms with Crippen molar-refractivity contribution in [1.29, 1.82) is 0 Å². The average Bonchev–Trinajstić information content (AvgIpc) is 3.49. The smallest absolute Gasteiger partial charge is 0.312 e. The number of aliphatic hydroxyl groups is 2. The summed E-state index contributed by atoms with van der Waals surface area (Å²) >= 11 is 0. The van der Waals surface area contributed by atoms with Crippen LogP contribution in [0.2, 0.25) is 0 Å². The van der Waals surface area contributed by atoms with Gasteiger partial charge in [0.05, 0.1) is 53.0 Å². The number of Topliss-reactive ketones (excluding diaryl/α,β-unsaturated/α-hetero) is 1. The number of ketones is 1. The maximum absolute atomic E-state index is 14.8. The molecule has 1 amide bonds. The molecule has 0 aromatic heterocycles. The lowest BCUT2D eigenvalue weighted by molar-refractivity contribution is -0.160. The molecule has 4 aliphatic rings. The van der Waals surface area contributed by atoms with Crippen LogP contribution in [0.25, 0.3) is 10.8 Å². The second-order valence-corrected chi connectivity index (χ2v) is 18.4. The average molecular weight is 861 g/mol. The van der Waals surface area contributed by atoms with Crippen LogP contribution in [0.3, 0.4) is 0 Å². The number of nitrogens with one attached hydrogen (secondary N) is 1. The second-order valence-electron chi connectivity index (χ2n) is 18.4. The second kappa shape index (κ2) is 18.1. The first kappa shape index (κ1) is 46.7. The van der Waals surface area contributed by atoms with Crippen LogP contribution in [-0.2, 0) is 23.8 Å². The lowest BCUT2D eigenvalue weighted by Crippen LogP contribution is -2.51. The zero-order valence-electron chi connectivity index (χ0n) is 37.8. The molecule has 62 heavy (non-hydrogen) atoms. The summed E-state index contributed by atoms with van der Waals surface area (Å²) in [6.07, 6.45) is 5.32. The van der Waals surface area contributed by atoms with Crippen molar-refractivity contribution in [3.05, 3.63) is 58.0 Å². The number of phenols is 2. The van der Waals surface area contributed by atoms with Gasteiger partial charge in [-0.25, -0.2) is 0 Å². The van der Waals surface area contributed by atoms with Crippen molar-refractivity contribution in [2.24, 2.45) is 39.6 Å². The van der Waals surface area contributed by atoms with Gasteiger partial charge in [-0.2, -0.15) is 0 Å². The first-order chi connectivity index (χ1) is 29.1. The Bertz CT molecular complexity index is 2310. The molecule has 0 saturated carbocycles. The number of allylic oxidation sites excluding steroid dienone is 2. The molecule has 0 radical (unpaired) electrons. The Morgan fingerprint density at radius 1 is 0.984 bits per heavy atom. The summed E-state index contributed by atoms with van der Waals surface area (Å²) in [5, 5.41) is 50.2. The summed E-state index contributed by atoms with van der Waals surface area (Å²) in [5.41, 5.74) is -0.255. The Balaban J connectivity index is 1.55. The van der Waals surface area contributed by atoms with E-state index in [9.17, 15) is 34.8 Å². The van der Waals surface area contributed by atoms with E-state index in [4.69, 9.17) is 28.9 Å². The lowest BCUT2D eigenvalue weighted by Gasteiger charge is -2.40. The molecule has 1 fully saturated rings. The molecule has 4 aliphatic heterocycles. The predicted octanol–water partition coefficient (Wildman–Crippen LogP) is 4.79. The largest absolute Gasteiger partial charge is 0.507 e. The number of aromatic hydroxyl groups is 2. The van der Waals surface area contributed by atoms with Crippen LogP contribution in [-0.4, -0.2) is 112 Å². The van der Waals surface area contributed by atoms with Crippen LogP contribution >= 0.6 is 0 Å². The molecule has 2 aromatic carbocycles. The van der Waals surface area contributed by atoms with Gasteiger partial charge in [-0.1, -0.05) is 59.8 Å². The Morgan fingerprint density at radius 3 is 2.29 bits per heavy atom. The van der Waals surface area contributed by atoms with Gasteiger partial charge in [-0.15, -0.1) is 0 Å². The highest BCUT2D eigenvalue weighted by Crippen LogP contribution is 2.49. The number of hydrogen-bond donors (Lipinski definition) is 5. The van der Waals surface area contributed by atoms with E-state index in [0.717, 1.165) is 19.6 Å². The zero-order chi connectivity index (χ0) is 45.6. The minimum atomic E-state index is -1.96. The molecule has 338 valence electrons. The van der Waals surface area contributed by atoms with Crippen LogP contribution in [0.15, 0.2) is 46.1 Å². The number of piperidine rings is 1. The number of methoxy groups -OCH3 is 1. The molecule has 2 aromatic rings. The fourth-order valence-electron chi connectivity index (χ4n) is 9.41. The van der Waals surface area contributed by atoms with Crippen molar-refractivity contribution < 1.29 is 53.8 Å². The van der Waals surface area contributed by atoms with Gasteiger partial charge in [0, 0.05) is 80.8 Å². The summed E-state index contributed by atoms with van der Waals surface area (Å²) in [4.78, 5) is 53.9. The Labute approximate surface area is 363 Å². The number of benzene rings is 2. The van der Waals surface area contributed by atoms with Crippen molar-refractivity contribution in [3.8, 4) is 17.2 Å². The lowest BCUT2D eigenvalue weighted by atomic mass is 9.78. The maximum atomic E-state index is 14.8. The summed E-state index contributed by atoms with van der Waals surface area (Å²) < 4.78 is 24.1. The molecule has 5 N–H and O–H groups in total. The van der Waals surface area contributed by atoms with Gasteiger partial charge in [0.1, 0.15) is 28.6 Å². The van der Waals surface area contributed by atoms with Crippen LogP contribution in [0.1, 0.15) is 91.1 Å². The number of carbonyl (C=O) groups is 3. The fraction of sp³-hybridized carbons (Fsp3) is 0.596. The third-order valence-corrected chi connectivity index (χ3v) is 13.3. The number of carbonyl (C=O) groups excluding carboxylic acids is 3. The zero-order valence-corrected chi connectivity index (χ0v) is 37.8. The molecule has 1 spiro atoms. The number of esters is 1. The van der Waals surface area contributed by atoms with Crippen LogP contribution in [0, 0.1) is 36.5 Å². The molecule has 4 heterocycles. The van der Waals surface area contributed by atoms with E-state index in [1.807, 2.05) is 0 Å². The highest BCUT2D eigenvalue weighted by Gasteiger charge is 2.50. The fourth-order valence-corrected chi connectivity index (χ4v) is 9.41.